The van der Waals surface area contributed by atoms with Crippen LogP contribution in [0.2, 0.25) is 0 Å². The van der Waals surface area contributed by atoms with E-state index < -0.39 is 0 Å². The first-order valence-corrected chi connectivity index (χ1v) is 7.05. The normalized spacial score (nSPS) is 13.7. The van der Waals surface area contributed by atoms with Gasteiger partial charge in [-0.15, -0.1) is 10.2 Å². The number of hydrogen-bond donors (Lipinski definition) is 1. The SMILES string of the molecule is COC(=C(Cl)C=C(C)n1nc2ccc(N)cc2n1)C(C)C. The van der Waals surface area contributed by atoms with Gasteiger partial charge in [0.15, 0.2) is 0 Å². The summed E-state index contributed by atoms with van der Waals surface area (Å²) in [6, 6.07) is 5.43. The number of benzene rings is 1. The Hall–Kier alpha value is -2.01. The Labute approximate surface area is 129 Å². The number of nitrogen functional groups attached to an aromatic ring is 1. The number of anilines is 1. The fourth-order valence-electron chi connectivity index (χ4n) is 2.01. The molecule has 1 heterocycles. The highest BCUT2D eigenvalue weighted by Crippen LogP contribution is 2.22. The van der Waals surface area contributed by atoms with Gasteiger partial charge in [0.1, 0.15) is 16.8 Å². The highest BCUT2D eigenvalue weighted by molar-refractivity contribution is 6.31. The first kappa shape index (κ1) is 15.4. The second kappa shape index (κ2) is 6.18. The van der Waals surface area contributed by atoms with Crippen LogP contribution in [-0.2, 0) is 4.74 Å². The topological polar surface area (TPSA) is 66.0 Å². The molecule has 2 aromatic rings. The molecule has 112 valence electrons. The van der Waals surface area contributed by atoms with Crippen molar-refractivity contribution in [3.63, 3.8) is 0 Å². The number of allylic oxidation sites excluding steroid dienone is 4. The molecule has 0 atom stereocenters. The molecule has 21 heavy (non-hydrogen) atoms. The third kappa shape index (κ3) is 3.36. The number of halogens is 1. The summed E-state index contributed by atoms with van der Waals surface area (Å²) in [6.07, 6.45) is 1.79. The summed E-state index contributed by atoms with van der Waals surface area (Å²) < 4.78 is 5.32. The number of ether oxygens (including phenoxy) is 1. The maximum atomic E-state index is 6.30. The molecule has 2 N–H and O–H groups in total. The Morgan fingerprint density at radius 2 is 2.00 bits per heavy atom. The Kier molecular flexibility index (Phi) is 4.53. The summed E-state index contributed by atoms with van der Waals surface area (Å²) >= 11 is 6.30. The number of rotatable bonds is 4. The van der Waals surface area contributed by atoms with Gasteiger partial charge in [-0.2, -0.15) is 4.80 Å². The van der Waals surface area contributed by atoms with Crippen molar-refractivity contribution in [2.75, 3.05) is 12.8 Å². The van der Waals surface area contributed by atoms with E-state index >= 15 is 0 Å². The number of nitrogens with two attached hydrogens (primary N) is 1. The highest BCUT2D eigenvalue weighted by atomic mass is 35.5. The lowest BCUT2D eigenvalue weighted by atomic mass is 10.1. The number of methoxy groups -OCH3 is 1. The zero-order valence-electron chi connectivity index (χ0n) is 12.6. The monoisotopic (exact) mass is 306 g/mol. The standard InChI is InChI=1S/C15H19ClN4O/c1-9(2)15(21-4)12(16)7-10(3)20-18-13-6-5-11(17)8-14(13)19-20/h5-9H,17H2,1-4H3. The molecule has 0 saturated heterocycles. The van der Waals surface area contributed by atoms with Gasteiger partial charge in [-0.25, -0.2) is 0 Å². The van der Waals surface area contributed by atoms with Crippen LogP contribution in [0.4, 0.5) is 5.69 Å². The van der Waals surface area contributed by atoms with E-state index in [4.69, 9.17) is 22.1 Å². The fourth-order valence-corrected chi connectivity index (χ4v) is 2.46. The van der Waals surface area contributed by atoms with Crippen LogP contribution in [0, 0.1) is 5.92 Å². The summed E-state index contributed by atoms with van der Waals surface area (Å²) in [5.74, 6) is 0.938. The first-order valence-electron chi connectivity index (χ1n) is 6.67. The van der Waals surface area contributed by atoms with Crippen LogP contribution < -0.4 is 5.73 Å². The first-order chi connectivity index (χ1) is 9.92. The second-order valence-electron chi connectivity index (χ2n) is 5.09. The van der Waals surface area contributed by atoms with Gasteiger partial charge in [0.25, 0.3) is 0 Å². The van der Waals surface area contributed by atoms with Gasteiger partial charge < -0.3 is 10.5 Å². The molecule has 1 aromatic carbocycles. The lowest BCUT2D eigenvalue weighted by Gasteiger charge is -2.11. The lowest BCUT2D eigenvalue weighted by Crippen LogP contribution is -2.01. The van der Waals surface area contributed by atoms with E-state index in [9.17, 15) is 0 Å². The van der Waals surface area contributed by atoms with Crippen LogP contribution in [0.25, 0.3) is 16.7 Å². The van der Waals surface area contributed by atoms with Crippen molar-refractivity contribution in [1.29, 1.82) is 0 Å². The Morgan fingerprint density at radius 1 is 1.33 bits per heavy atom. The second-order valence-corrected chi connectivity index (χ2v) is 5.50. The molecule has 0 aliphatic rings. The average molecular weight is 307 g/mol. The van der Waals surface area contributed by atoms with E-state index in [1.54, 1.807) is 30.1 Å². The minimum absolute atomic E-state index is 0.205. The molecule has 0 fully saturated rings. The molecule has 6 heteroatoms. The summed E-state index contributed by atoms with van der Waals surface area (Å²) in [5.41, 5.74) is 8.74. The molecule has 0 bridgehead atoms. The Balaban J connectivity index is 2.41. The predicted molar refractivity (Wildman–Crippen MR) is 86.6 cm³/mol. The van der Waals surface area contributed by atoms with Crippen LogP contribution in [-0.4, -0.2) is 22.1 Å². The summed E-state index contributed by atoms with van der Waals surface area (Å²) in [7, 11) is 1.62. The van der Waals surface area contributed by atoms with Gasteiger partial charge in [-0.05, 0) is 31.2 Å². The van der Waals surface area contributed by atoms with Gasteiger partial charge in [0.05, 0.1) is 17.8 Å². The quantitative estimate of drug-likeness (QED) is 0.532. The van der Waals surface area contributed by atoms with Gasteiger partial charge in [0.2, 0.25) is 0 Å². The van der Waals surface area contributed by atoms with E-state index in [0.29, 0.717) is 10.7 Å². The molecule has 1 aromatic heterocycles. The van der Waals surface area contributed by atoms with Crippen molar-refractivity contribution in [1.82, 2.24) is 15.0 Å². The van der Waals surface area contributed by atoms with Crippen LogP contribution in [0.5, 0.6) is 0 Å². The molecular weight excluding hydrogens is 288 g/mol. The summed E-state index contributed by atoms with van der Waals surface area (Å²) in [5, 5.41) is 9.34. The number of nitrogens with zero attached hydrogens (tertiary/aromatic N) is 3. The van der Waals surface area contributed by atoms with Gasteiger partial charge in [-0.3, -0.25) is 0 Å². The van der Waals surface area contributed by atoms with E-state index in [-0.39, 0.29) is 5.92 Å². The minimum Gasteiger partial charge on any atom is -0.499 e. The molecule has 2 rings (SSSR count). The Morgan fingerprint density at radius 3 is 2.62 bits per heavy atom. The molecule has 0 aliphatic carbocycles. The van der Waals surface area contributed by atoms with Crippen molar-refractivity contribution >= 4 is 34.0 Å². The molecule has 0 spiro atoms. The lowest BCUT2D eigenvalue weighted by molar-refractivity contribution is 0.252. The largest absolute Gasteiger partial charge is 0.499 e. The van der Waals surface area contributed by atoms with Gasteiger partial charge in [0, 0.05) is 11.6 Å². The molecule has 0 saturated carbocycles. The van der Waals surface area contributed by atoms with E-state index in [1.807, 2.05) is 26.8 Å². The minimum atomic E-state index is 0.205. The van der Waals surface area contributed by atoms with Crippen molar-refractivity contribution in [3.8, 4) is 0 Å². The van der Waals surface area contributed by atoms with E-state index in [0.717, 1.165) is 22.5 Å². The third-order valence-electron chi connectivity index (χ3n) is 3.04. The molecule has 0 unspecified atom stereocenters. The molecule has 0 radical (unpaired) electrons. The van der Waals surface area contributed by atoms with Crippen LogP contribution in [0.15, 0.2) is 35.1 Å². The maximum absolute atomic E-state index is 6.30. The van der Waals surface area contributed by atoms with E-state index in [2.05, 4.69) is 10.2 Å². The van der Waals surface area contributed by atoms with Crippen molar-refractivity contribution in [2.45, 2.75) is 20.8 Å². The van der Waals surface area contributed by atoms with Crippen LogP contribution in [0.3, 0.4) is 0 Å². The summed E-state index contributed by atoms with van der Waals surface area (Å²) in [4.78, 5) is 1.54. The Bertz CT molecular complexity index is 716. The number of aromatic nitrogens is 3. The van der Waals surface area contributed by atoms with Crippen LogP contribution >= 0.6 is 11.6 Å². The zero-order chi connectivity index (χ0) is 15.6. The average Bonchev–Trinajstić information content (AvgIpc) is 2.81. The van der Waals surface area contributed by atoms with Gasteiger partial charge in [-0.1, -0.05) is 25.4 Å². The van der Waals surface area contributed by atoms with Crippen molar-refractivity contribution < 1.29 is 4.74 Å². The van der Waals surface area contributed by atoms with Crippen LogP contribution in [0.1, 0.15) is 20.8 Å². The number of hydrogen-bond acceptors (Lipinski definition) is 4. The fraction of sp³-hybridized carbons (Fsp3) is 0.333. The molecule has 5 nitrogen and oxygen atoms in total. The van der Waals surface area contributed by atoms with Crippen molar-refractivity contribution in [3.05, 3.63) is 35.1 Å². The smallest absolute Gasteiger partial charge is 0.117 e. The maximum Gasteiger partial charge on any atom is 0.117 e. The molecular formula is C15H19ClN4O. The predicted octanol–water partition coefficient (Wildman–Crippen LogP) is 3.63. The van der Waals surface area contributed by atoms with Gasteiger partial charge >= 0.3 is 0 Å². The zero-order valence-corrected chi connectivity index (χ0v) is 13.3. The number of fused-ring (bicyclic) bond motifs is 1. The third-order valence-corrected chi connectivity index (χ3v) is 3.33. The highest BCUT2D eigenvalue weighted by Gasteiger charge is 2.10. The van der Waals surface area contributed by atoms with E-state index in [1.165, 1.54) is 0 Å². The van der Waals surface area contributed by atoms with Crippen molar-refractivity contribution in [2.24, 2.45) is 5.92 Å². The summed E-state index contributed by atoms with van der Waals surface area (Å²) in [6.45, 7) is 5.93. The molecule has 0 amide bonds. The molecule has 0 aliphatic heterocycles.